The molecule has 43 heavy (non-hydrogen) atoms. The Morgan fingerprint density at radius 2 is 1.35 bits per heavy atom. The first-order chi connectivity index (χ1) is 20.8. The third kappa shape index (κ3) is 7.50. The maximum atomic E-state index is 13.7. The second kappa shape index (κ2) is 14.0. The first-order valence-electron chi connectivity index (χ1n) is 14.9. The van der Waals surface area contributed by atoms with E-state index in [0.29, 0.717) is 6.04 Å². The third-order valence-electron chi connectivity index (χ3n) is 8.23. The molecular formula is C33H38N4O5S. The number of nitrogens with one attached hydrogen (secondary N) is 2. The zero-order valence-electron chi connectivity index (χ0n) is 24.2. The molecule has 1 saturated carbocycles. The van der Waals surface area contributed by atoms with E-state index in [0.717, 1.165) is 30.0 Å². The van der Waals surface area contributed by atoms with Crippen LogP contribution in [0.15, 0.2) is 89.8 Å². The molecule has 2 N–H and O–H groups in total. The van der Waals surface area contributed by atoms with Gasteiger partial charge in [-0.2, -0.15) is 4.31 Å². The van der Waals surface area contributed by atoms with Crippen LogP contribution >= 0.6 is 0 Å². The van der Waals surface area contributed by atoms with Crippen molar-refractivity contribution in [3.63, 3.8) is 0 Å². The van der Waals surface area contributed by atoms with Crippen molar-refractivity contribution >= 4 is 33.4 Å². The van der Waals surface area contributed by atoms with Gasteiger partial charge in [0.15, 0.2) is 0 Å². The summed E-state index contributed by atoms with van der Waals surface area (Å²) in [7, 11) is -4.31. The van der Waals surface area contributed by atoms with E-state index in [1.165, 1.54) is 56.6 Å². The highest BCUT2D eigenvalue weighted by Crippen LogP contribution is 2.27. The molecule has 0 radical (unpaired) electrons. The molecule has 0 spiro atoms. The summed E-state index contributed by atoms with van der Waals surface area (Å²) in [6.07, 6.45) is 7.88. The molecule has 0 aromatic heterocycles. The first-order valence-corrected chi connectivity index (χ1v) is 16.4. The Bertz CT molecular complexity index is 1500. The predicted molar refractivity (Wildman–Crippen MR) is 165 cm³/mol. The normalized spacial score (nSPS) is 19.3. The number of carbonyl (C=O) groups excluding carboxylic acids is 3. The lowest BCUT2D eigenvalue weighted by molar-refractivity contribution is -0.121. The van der Waals surface area contributed by atoms with Crippen LogP contribution < -0.4 is 14.9 Å². The second-order valence-corrected chi connectivity index (χ2v) is 12.9. The molecule has 10 heteroatoms. The maximum absolute atomic E-state index is 13.7. The Morgan fingerprint density at radius 3 is 1.98 bits per heavy atom. The number of likely N-dealkylation sites (tertiary alicyclic amines) is 1. The fraction of sp³-hybridized carbons (Fsp3) is 0.364. The zero-order valence-corrected chi connectivity index (χ0v) is 25.0. The summed E-state index contributed by atoms with van der Waals surface area (Å²) in [6, 6.07) is 22.4. The minimum absolute atomic E-state index is 0.112. The molecule has 0 atom stereocenters. The first kappa shape index (κ1) is 30.4. The van der Waals surface area contributed by atoms with E-state index in [-0.39, 0.29) is 40.2 Å². The molecule has 5 rings (SSSR count). The topological polar surface area (TPSA) is 116 Å². The number of amides is 3. The lowest BCUT2D eigenvalue weighted by Crippen LogP contribution is -2.47. The number of hydrogen-bond acceptors (Lipinski definition) is 6. The molecular weight excluding hydrogens is 564 g/mol. The Hall–Kier alpha value is -4.02. The van der Waals surface area contributed by atoms with Crippen molar-refractivity contribution in [2.24, 2.45) is 0 Å². The Labute approximate surface area is 253 Å². The third-order valence-corrected chi connectivity index (χ3v) is 9.95. The van der Waals surface area contributed by atoms with E-state index in [9.17, 15) is 22.8 Å². The van der Waals surface area contributed by atoms with Crippen LogP contribution in [0.1, 0.15) is 65.7 Å². The van der Waals surface area contributed by atoms with Crippen LogP contribution in [0.3, 0.4) is 0 Å². The van der Waals surface area contributed by atoms with Crippen molar-refractivity contribution < 1.29 is 22.8 Å². The molecule has 0 bridgehead atoms. The van der Waals surface area contributed by atoms with Crippen molar-refractivity contribution in [3.05, 3.63) is 96.1 Å². The number of piperidine rings is 1. The van der Waals surface area contributed by atoms with Gasteiger partial charge in [0.05, 0.1) is 17.1 Å². The Kier molecular flexibility index (Phi) is 9.89. The van der Waals surface area contributed by atoms with Gasteiger partial charge in [0.25, 0.3) is 21.8 Å². The molecule has 0 unspecified atom stereocenters. The average molecular weight is 603 g/mol. The maximum Gasteiger partial charge on any atom is 0.272 e. The molecule has 3 aromatic rings. The van der Waals surface area contributed by atoms with Crippen molar-refractivity contribution in [3.8, 4) is 0 Å². The number of nitrogens with zero attached hydrogens (tertiary/aromatic N) is 2. The molecule has 9 nitrogen and oxygen atoms in total. The number of carbonyl (C=O) groups is 3. The van der Waals surface area contributed by atoms with Gasteiger partial charge < -0.3 is 15.5 Å². The monoisotopic (exact) mass is 602 g/mol. The number of sulfonamides is 1. The highest BCUT2D eigenvalue weighted by atomic mass is 32.2. The molecule has 3 amide bonds. The molecule has 3 aromatic carbocycles. The van der Waals surface area contributed by atoms with Gasteiger partial charge in [-0.1, -0.05) is 42.8 Å². The number of rotatable bonds is 9. The van der Waals surface area contributed by atoms with E-state index >= 15 is 0 Å². The van der Waals surface area contributed by atoms with Crippen molar-refractivity contribution in [1.29, 1.82) is 0 Å². The largest absolute Gasteiger partial charge is 0.352 e. The van der Waals surface area contributed by atoms with Gasteiger partial charge in [-0.05, 0) is 100 Å². The molecule has 2 aliphatic rings. The molecule has 226 valence electrons. The summed E-state index contributed by atoms with van der Waals surface area (Å²) in [5.41, 5.74) is 0.623. The van der Waals surface area contributed by atoms with Gasteiger partial charge >= 0.3 is 0 Å². The molecule has 1 heterocycles. The van der Waals surface area contributed by atoms with E-state index in [1.807, 2.05) is 0 Å². The Balaban J connectivity index is 1.17. The summed E-state index contributed by atoms with van der Waals surface area (Å²) in [5, 5.41) is 5.66. The van der Waals surface area contributed by atoms with Crippen LogP contribution in [0.2, 0.25) is 0 Å². The molecule has 1 aliphatic heterocycles. The fourth-order valence-corrected chi connectivity index (χ4v) is 7.33. The SMILES string of the molecule is O=C(CNC(=O)c1ccc(S(=O)(=O)N(C(=O)c2ccccc2)c2ccccc2)cc1)NC1CCC(N2CCCCC2)CC1. The van der Waals surface area contributed by atoms with Crippen LogP contribution in [0.4, 0.5) is 5.69 Å². The lowest BCUT2D eigenvalue weighted by atomic mass is 9.89. The van der Waals surface area contributed by atoms with Crippen molar-refractivity contribution in [2.45, 2.75) is 61.9 Å². The van der Waals surface area contributed by atoms with E-state index in [1.54, 1.807) is 60.7 Å². The van der Waals surface area contributed by atoms with E-state index < -0.39 is 21.8 Å². The van der Waals surface area contributed by atoms with E-state index in [4.69, 9.17) is 0 Å². The summed E-state index contributed by atoms with van der Waals surface area (Å²) < 4.78 is 28.1. The standard InChI is InChI=1S/C33H38N4O5S/c38-31(35-27-16-18-28(19-17-27)36-22-8-3-9-23-36)24-34-32(39)25-14-20-30(21-15-25)43(41,42)37(29-12-6-2-7-13-29)33(40)26-10-4-1-5-11-26/h1-2,4-7,10-15,20-21,27-28H,3,8-9,16-19,22-24H2,(H,34,39)(H,35,38). The van der Waals surface area contributed by atoms with Crippen molar-refractivity contribution in [1.82, 2.24) is 15.5 Å². The van der Waals surface area contributed by atoms with Crippen LogP contribution in [0.5, 0.6) is 0 Å². The Morgan fingerprint density at radius 1 is 0.744 bits per heavy atom. The summed E-state index contributed by atoms with van der Waals surface area (Å²) in [6.45, 7) is 2.19. The lowest BCUT2D eigenvalue weighted by Gasteiger charge is -2.39. The van der Waals surface area contributed by atoms with Gasteiger partial charge in [0, 0.05) is 23.2 Å². The number of hydrogen-bond donors (Lipinski definition) is 2. The predicted octanol–water partition coefficient (Wildman–Crippen LogP) is 4.37. The molecule has 1 saturated heterocycles. The van der Waals surface area contributed by atoms with Gasteiger partial charge in [-0.25, -0.2) is 8.42 Å². The fourth-order valence-electron chi connectivity index (χ4n) is 5.92. The van der Waals surface area contributed by atoms with Gasteiger partial charge in [-0.15, -0.1) is 0 Å². The highest BCUT2D eigenvalue weighted by Gasteiger charge is 2.32. The van der Waals surface area contributed by atoms with Gasteiger partial charge in [-0.3, -0.25) is 14.4 Å². The highest BCUT2D eigenvalue weighted by molar-refractivity contribution is 7.93. The smallest absolute Gasteiger partial charge is 0.272 e. The zero-order chi connectivity index (χ0) is 30.2. The number of para-hydroxylation sites is 1. The minimum atomic E-state index is -4.31. The van der Waals surface area contributed by atoms with Gasteiger partial charge in [0.1, 0.15) is 0 Å². The average Bonchev–Trinajstić information content (AvgIpc) is 3.05. The summed E-state index contributed by atoms with van der Waals surface area (Å²) in [4.78, 5) is 41.1. The number of anilines is 1. The van der Waals surface area contributed by atoms with Crippen molar-refractivity contribution in [2.75, 3.05) is 23.9 Å². The summed E-state index contributed by atoms with van der Waals surface area (Å²) in [5.74, 6) is -1.43. The van der Waals surface area contributed by atoms with Crippen LogP contribution in [0, 0.1) is 0 Å². The molecule has 1 aliphatic carbocycles. The van der Waals surface area contributed by atoms with E-state index in [2.05, 4.69) is 15.5 Å². The van der Waals surface area contributed by atoms with Crippen LogP contribution in [-0.2, 0) is 14.8 Å². The van der Waals surface area contributed by atoms with Gasteiger partial charge in [0.2, 0.25) is 5.91 Å². The second-order valence-electron chi connectivity index (χ2n) is 11.2. The van der Waals surface area contributed by atoms with Crippen LogP contribution in [0.25, 0.3) is 0 Å². The van der Waals surface area contributed by atoms with Crippen LogP contribution in [-0.4, -0.2) is 62.8 Å². The summed E-state index contributed by atoms with van der Waals surface area (Å²) >= 11 is 0. The molecule has 2 fully saturated rings. The minimum Gasteiger partial charge on any atom is -0.352 e. The quantitative estimate of drug-likeness (QED) is 0.376. The number of benzene rings is 3.